The van der Waals surface area contributed by atoms with Gasteiger partial charge in [0.15, 0.2) is 9.84 Å². The van der Waals surface area contributed by atoms with E-state index in [1.165, 1.54) is 12.1 Å². The van der Waals surface area contributed by atoms with Crippen molar-refractivity contribution in [3.05, 3.63) is 63.2 Å². The zero-order valence-electron chi connectivity index (χ0n) is 16.3. The molecule has 1 amide bonds. The molecule has 1 aromatic heterocycles. The number of hydrogen-bond donors (Lipinski definition) is 1. The molecule has 150 valence electrons. The maximum absolute atomic E-state index is 12.8. The summed E-state index contributed by atoms with van der Waals surface area (Å²) in [6.45, 7) is 3.65. The van der Waals surface area contributed by atoms with Crippen LogP contribution in [0.25, 0.3) is 0 Å². The molecule has 7 heteroatoms. The van der Waals surface area contributed by atoms with E-state index in [0.29, 0.717) is 17.7 Å². The fraction of sp³-hybridized carbons (Fsp3) is 0.429. The average Bonchev–Trinajstić information content (AvgIpc) is 2.57. The van der Waals surface area contributed by atoms with Crippen LogP contribution in [0.2, 0.25) is 0 Å². The molecule has 1 aliphatic carbocycles. The zero-order chi connectivity index (χ0) is 20.5. The van der Waals surface area contributed by atoms with E-state index in [1.54, 1.807) is 25.1 Å². The van der Waals surface area contributed by atoms with Gasteiger partial charge >= 0.3 is 5.63 Å². The Morgan fingerprint density at radius 1 is 1.25 bits per heavy atom. The smallest absolute Gasteiger partial charge is 0.349 e. The molecular formula is C21H25NO5S. The number of nitrogens with one attached hydrogen (secondary N) is 1. The number of carbonyl (C=O) groups is 1. The third-order valence-electron chi connectivity index (χ3n) is 5.33. The lowest BCUT2D eigenvalue weighted by Crippen LogP contribution is -2.33. The number of benzene rings is 1. The second-order valence-corrected chi connectivity index (χ2v) is 9.41. The molecule has 1 unspecified atom stereocenters. The lowest BCUT2D eigenvalue weighted by atomic mass is 9.83. The van der Waals surface area contributed by atoms with Crippen molar-refractivity contribution in [2.75, 3.05) is 6.26 Å². The summed E-state index contributed by atoms with van der Waals surface area (Å²) in [4.78, 5) is 25.4. The fourth-order valence-corrected chi connectivity index (χ4v) is 4.03. The lowest BCUT2D eigenvalue weighted by molar-refractivity contribution is 0.0930. The third kappa shape index (κ3) is 4.19. The SMILES string of the molecule is CCC(NC(=O)c1c(C)cc(C2CCC2)oc1=O)c1ccc(S(C)(=O)=O)cc1. The van der Waals surface area contributed by atoms with Gasteiger partial charge in [-0.25, -0.2) is 13.2 Å². The first-order valence-electron chi connectivity index (χ1n) is 9.46. The van der Waals surface area contributed by atoms with E-state index in [2.05, 4.69) is 5.32 Å². The second-order valence-electron chi connectivity index (χ2n) is 7.40. The van der Waals surface area contributed by atoms with Crippen molar-refractivity contribution in [3.63, 3.8) is 0 Å². The maximum atomic E-state index is 12.8. The molecule has 0 bridgehead atoms. The molecule has 3 rings (SSSR count). The molecule has 0 spiro atoms. The van der Waals surface area contributed by atoms with Crippen LogP contribution >= 0.6 is 0 Å². The molecule has 1 saturated carbocycles. The lowest BCUT2D eigenvalue weighted by Gasteiger charge is -2.24. The van der Waals surface area contributed by atoms with Crippen molar-refractivity contribution >= 4 is 15.7 Å². The van der Waals surface area contributed by atoms with Crippen molar-refractivity contribution in [2.24, 2.45) is 0 Å². The van der Waals surface area contributed by atoms with Crippen molar-refractivity contribution in [1.29, 1.82) is 0 Å². The molecule has 6 nitrogen and oxygen atoms in total. The quantitative estimate of drug-likeness (QED) is 0.797. The van der Waals surface area contributed by atoms with Crippen LogP contribution in [0.5, 0.6) is 0 Å². The average molecular weight is 404 g/mol. The molecule has 1 heterocycles. The standard InChI is InChI=1S/C21H25NO5S/c1-4-17(14-8-10-16(11-9-14)28(3,25)26)22-20(23)19-13(2)12-18(27-21(19)24)15-6-5-7-15/h8-12,15,17H,4-7H2,1-3H3,(H,22,23). The van der Waals surface area contributed by atoms with Gasteiger partial charge in [0.25, 0.3) is 5.91 Å². The normalized spacial score (nSPS) is 15.7. The minimum Gasteiger partial charge on any atom is -0.427 e. The van der Waals surface area contributed by atoms with Gasteiger partial charge in [0.2, 0.25) is 0 Å². The summed E-state index contributed by atoms with van der Waals surface area (Å²) in [6, 6.07) is 7.85. The number of carbonyl (C=O) groups excluding carboxylic acids is 1. The van der Waals surface area contributed by atoms with Crippen molar-refractivity contribution < 1.29 is 17.6 Å². The highest BCUT2D eigenvalue weighted by Gasteiger charge is 2.26. The van der Waals surface area contributed by atoms with Crippen LogP contribution in [0.1, 0.15) is 71.8 Å². The van der Waals surface area contributed by atoms with Crippen LogP contribution < -0.4 is 10.9 Å². The Bertz CT molecular complexity index is 1030. The van der Waals surface area contributed by atoms with Crippen LogP contribution in [0.3, 0.4) is 0 Å². The zero-order valence-corrected chi connectivity index (χ0v) is 17.1. The molecular weight excluding hydrogens is 378 g/mol. The fourth-order valence-electron chi connectivity index (χ4n) is 3.40. The largest absolute Gasteiger partial charge is 0.427 e. The highest BCUT2D eigenvalue weighted by atomic mass is 32.2. The van der Waals surface area contributed by atoms with Gasteiger partial charge in [-0.15, -0.1) is 0 Å². The van der Waals surface area contributed by atoms with E-state index in [0.717, 1.165) is 31.1 Å². The van der Waals surface area contributed by atoms with Crippen LogP contribution in [-0.2, 0) is 9.84 Å². The summed E-state index contributed by atoms with van der Waals surface area (Å²) < 4.78 is 28.6. The van der Waals surface area contributed by atoms with E-state index in [4.69, 9.17) is 4.42 Å². The third-order valence-corrected chi connectivity index (χ3v) is 6.46. The predicted molar refractivity (Wildman–Crippen MR) is 106 cm³/mol. The molecule has 0 radical (unpaired) electrons. The Balaban J connectivity index is 1.81. The molecule has 1 N–H and O–H groups in total. The van der Waals surface area contributed by atoms with E-state index >= 15 is 0 Å². The number of sulfone groups is 1. The molecule has 1 aliphatic rings. The molecule has 0 aliphatic heterocycles. The number of aryl methyl sites for hydroxylation is 1. The number of rotatable bonds is 6. The van der Waals surface area contributed by atoms with Crippen LogP contribution in [-0.4, -0.2) is 20.6 Å². The van der Waals surface area contributed by atoms with Crippen molar-refractivity contribution in [2.45, 2.75) is 56.4 Å². The van der Waals surface area contributed by atoms with Gasteiger partial charge in [-0.2, -0.15) is 0 Å². The summed E-state index contributed by atoms with van der Waals surface area (Å²) in [5.41, 5.74) is 0.797. The topological polar surface area (TPSA) is 93.4 Å². The van der Waals surface area contributed by atoms with Crippen molar-refractivity contribution in [1.82, 2.24) is 5.32 Å². The van der Waals surface area contributed by atoms with E-state index < -0.39 is 21.4 Å². The Morgan fingerprint density at radius 3 is 2.36 bits per heavy atom. The monoisotopic (exact) mass is 403 g/mol. The van der Waals surface area contributed by atoms with Gasteiger partial charge in [-0.1, -0.05) is 25.5 Å². The van der Waals surface area contributed by atoms with Crippen LogP contribution in [0, 0.1) is 6.92 Å². The first-order valence-corrected chi connectivity index (χ1v) is 11.4. The van der Waals surface area contributed by atoms with Crippen molar-refractivity contribution in [3.8, 4) is 0 Å². The van der Waals surface area contributed by atoms with Crippen LogP contribution in [0.4, 0.5) is 0 Å². The summed E-state index contributed by atoms with van der Waals surface area (Å²) >= 11 is 0. The summed E-state index contributed by atoms with van der Waals surface area (Å²) in [5.74, 6) is 0.458. The number of hydrogen-bond acceptors (Lipinski definition) is 5. The Labute approximate surface area is 164 Å². The molecule has 1 aromatic carbocycles. The highest BCUT2D eigenvalue weighted by Crippen LogP contribution is 2.36. The maximum Gasteiger partial charge on any atom is 0.349 e. The molecule has 1 atom stereocenters. The highest BCUT2D eigenvalue weighted by molar-refractivity contribution is 7.90. The summed E-state index contributed by atoms with van der Waals surface area (Å²) in [5, 5.41) is 2.87. The van der Waals surface area contributed by atoms with E-state index in [-0.39, 0.29) is 22.4 Å². The Morgan fingerprint density at radius 2 is 1.89 bits per heavy atom. The Kier molecular flexibility index (Phi) is 5.74. The van der Waals surface area contributed by atoms with Gasteiger partial charge in [0, 0.05) is 12.2 Å². The predicted octanol–water partition coefficient (Wildman–Crippen LogP) is 3.50. The molecule has 1 fully saturated rings. The van der Waals surface area contributed by atoms with Crippen LogP contribution in [0.15, 0.2) is 44.4 Å². The van der Waals surface area contributed by atoms with E-state index in [1.807, 2.05) is 6.92 Å². The Hall–Kier alpha value is -2.41. The van der Waals surface area contributed by atoms with Gasteiger partial charge in [0.05, 0.1) is 10.9 Å². The first-order chi connectivity index (χ1) is 13.2. The summed E-state index contributed by atoms with van der Waals surface area (Å²) in [7, 11) is -3.28. The molecule has 0 saturated heterocycles. The summed E-state index contributed by atoms with van der Waals surface area (Å²) in [6.07, 6.45) is 4.89. The van der Waals surface area contributed by atoms with Gasteiger partial charge < -0.3 is 9.73 Å². The number of amides is 1. The van der Waals surface area contributed by atoms with Gasteiger partial charge in [-0.05, 0) is 55.5 Å². The molecule has 2 aromatic rings. The van der Waals surface area contributed by atoms with Gasteiger partial charge in [-0.3, -0.25) is 4.79 Å². The van der Waals surface area contributed by atoms with E-state index in [9.17, 15) is 18.0 Å². The first kappa shape index (κ1) is 20.3. The molecule has 28 heavy (non-hydrogen) atoms. The van der Waals surface area contributed by atoms with Gasteiger partial charge in [0.1, 0.15) is 11.3 Å². The minimum absolute atomic E-state index is 0.0225. The second kappa shape index (κ2) is 7.91. The minimum atomic E-state index is -3.28.